The highest BCUT2D eigenvalue weighted by atomic mass is 16.1. The topological polar surface area (TPSA) is 41.8 Å². The molecule has 0 aliphatic carbocycles. The summed E-state index contributed by atoms with van der Waals surface area (Å²) in [6.45, 7) is 20.3. The second-order valence-electron chi connectivity index (χ2n) is 8.96. The summed E-state index contributed by atoms with van der Waals surface area (Å²) in [5.74, 6) is 0.802. The SMILES string of the molecule is C=Cc1cccc(C(C)C)c1N=C(C)C(=O)C(C)=Nc1c(C(C)C)cccc1C(C)C. The molecule has 0 aromatic heterocycles. The van der Waals surface area contributed by atoms with E-state index in [-0.39, 0.29) is 5.78 Å². The standard InChI is InChI=1S/C28H36N2O/c1-10-22-13-11-14-23(17(2)3)26(22)29-20(8)28(31)21(9)30-27-24(18(4)5)15-12-16-25(27)19(6)7/h10-19H,1H2,2-9H3. The number of hydrogen-bond donors (Lipinski definition) is 0. The zero-order valence-corrected chi connectivity index (χ0v) is 20.3. The Hall–Kier alpha value is -2.81. The number of ketones is 1. The van der Waals surface area contributed by atoms with Gasteiger partial charge in [-0.25, -0.2) is 9.98 Å². The Kier molecular flexibility index (Phi) is 8.27. The molecule has 0 atom stereocenters. The van der Waals surface area contributed by atoms with Crippen molar-refractivity contribution in [3.8, 4) is 0 Å². The monoisotopic (exact) mass is 416 g/mol. The van der Waals surface area contributed by atoms with Crippen LogP contribution in [0.15, 0.2) is 53.0 Å². The smallest absolute Gasteiger partial charge is 0.220 e. The van der Waals surface area contributed by atoms with E-state index in [1.165, 1.54) is 0 Å². The van der Waals surface area contributed by atoms with Crippen molar-refractivity contribution < 1.29 is 4.79 Å². The van der Waals surface area contributed by atoms with Crippen LogP contribution in [0, 0.1) is 0 Å². The molecule has 0 radical (unpaired) electrons. The van der Waals surface area contributed by atoms with Crippen LogP contribution in [0.3, 0.4) is 0 Å². The van der Waals surface area contributed by atoms with Crippen LogP contribution in [0.1, 0.15) is 95.4 Å². The molecule has 2 aromatic carbocycles. The lowest BCUT2D eigenvalue weighted by molar-refractivity contribution is -0.107. The molecule has 0 fully saturated rings. The zero-order valence-electron chi connectivity index (χ0n) is 20.3. The van der Waals surface area contributed by atoms with Crippen molar-refractivity contribution in [3.05, 3.63) is 65.2 Å². The minimum atomic E-state index is -0.137. The fourth-order valence-electron chi connectivity index (χ4n) is 3.68. The molecule has 164 valence electrons. The number of Topliss-reactive ketones (excluding diaryl/α,β-unsaturated/α-hetero) is 1. The molecule has 0 aliphatic heterocycles. The first-order valence-electron chi connectivity index (χ1n) is 11.1. The summed E-state index contributed by atoms with van der Waals surface area (Å²) in [6, 6.07) is 12.3. The van der Waals surface area contributed by atoms with E-state index in [1.807, 2.05) is 12.1 Å². The molecule has 2 rings (SSSR count). The van der Waals surface area contributed by atoms with E-state index in [0.717, 1.165) is 33.6 Å². The normalized spacial score (nSPS) is 12.7. The molecule has 2 aromatic rings. The summed E-state index contributed by atoms with van der Waals surface area (Å²) >= 11 is 0. The molecular formula is C28H36N2O. The summed E-state index contributed by atoms with van der Waals surface area (Å²) in [5.41, 5.74) is 6.98. The number of aliphatic imine (C=N–C) groups is 2. The quantitative estimate of drug-likeness (QED) is 0.400. The molecule has 0 bridgehead atoms. The number of carbonyl (C=O) groups excluding carboxylic acids is 1. The number of benzene rings is 2. The second-order valence-corrected chi connectivity index (χ2v) is 8.96. The van der Waals surface area contributed by atoms with Gasteiger partial charge in [0.05, 0.1) is 22.8 Å². The van der Waals surface area contributed by atoms with E-state index in [9.17, 15) is 4.79 Å². The van der Waals surface area contributed by atoms with Crippen molar-refractivity contribution in [1.29, 1.82) is 0 Å². The lowest BCUT2D eigenvalue weighted by atomic mass is 9.93. The predicted molar refractivity (Wildman–Crippen MR) is 136 cm³/mol. The van der Waals surface area contributed by atoms with Crippen LogP contribution in [0.2, 0.25) is 0 Å². The minimum Gasteiger partial charge on any atom is -0.286 e. The third kappa shape index (κ3) is 5.66. The van der Waals surface area contributed by atoms with Gasteiger partial charge in [-0.15, -0.1) is 0 Å². The summed E-state index contributed by atoms with van der Waals surface area (Å²) in [7, 11) is 0. The molecule has 0 N–H and O–H groups in total. The van der Waals surface area contributed by atoms with Gasteiger partial charge in [0, 0.05) is 0 Å². The van der Waals surface area contributed by atoms with Crippen LogP contribution in [-0.4, -0.2) is 17.2 Å². The summed E-state index contributed by atoms with van der Waals surface area (Å²) in [4.78, 5) is 22.8. The first-order valence-corrected chi connectivity index (χ1v) is 11.1. The highest BCUT2D eigenvalue weighted by Gasteiger charge is 2.18. The van der Waals surface area contributed by atoms with Gasteiger partial charge in [0.2, 0.25) is 5.78 Å². The van der Waals surface area contributed by atoms with Crippen LogP contribution < -0.4 is 0 Å². The molecule has 0 saturated carbocycles. The van der Waals surface area contributed by atoms with Gasteiger partial charge in [0.25, 0.3) is 0 Å². The zero-order chi connectivity index (χ0) is 23.3. The van der Waals surface area contributed by atoms with Crippen molar-refractivity contribution in [2.24, 2.45) is 9.98 Å². The molecule has 0 spiro atoms. The van der Waals surface area contributed by atoms with E-state index in [2.05, 4.69) is 72.4 Å². The van der Waals surface area contributed by atoms with Crippen LogP contribution in [0.25, 0.3) is 6.08 Å². The van der Waals surface area contributed by atoms with Crippen molar-refractivity contribution in [1.82, 2.24) is 0 Å². The molecule has 0 saturated heterocycles. The minimum absolute atomic E-state index is 0.137. The van der Waals surface area contributed by atoms with Crippen molar-refractivity contribution in [2.45, 2.75) is 73.1 Å². The molecule has 31 heavy (non-hydrogen) atoms. The van der Waals surface area contributed by atoms with Gasteiger partial charge in [-0.05, 0) is 53.9 Å². The Balaban J connectivity index is 2.55. The number of rotatable bonds is 8. The van der Waals surface area contributed by atoms with Crippen molar-refractivity contribution in [3.63, 3.8) is 0 Å². The lowest BCUT2D eigenvalue weighted by Crippen LogP contribution is -2.19. The maximum absolute atomic E-state index is 13.2. The van der Waals surface area contributed by atoms with Crippen LogP contribution in [0.4, 0.5) is 11.4 Å². The second kappa shape index (κ2) is 10.5. The number of nitrogens with zero attached hydrogens (tertiary/aromatic N) is 2. The predicted octanol–water partition coefficient (Wildman–Crippen LogP) is 8.15. The van der Waals surface area contributed by atoms with Crippen LogP contribution in [0.5, 0.6) is 0 Å². The number of hydrogen-bond acceptors (Lipinski definition) is 3. The Morgan fingerprint density at radius 2 is 1.13 bits per heavy atom. The number of carbonyl (C=O) groups is 1. The third-order valence-electron chi connectivity index (χ3n) is 5.50. The highest BCUT2D eigenvalue weighted by Crippen LogP contribution is 2.35. The first kappa shape index (κ1) is 24.5. The Morgan fingerprint density at radius 3 is 1.55 bits per heavy atom. The van der Waals surface area contributed by atoms with Gasteiger partial charge < -0.3 is 0 Å². The van der Waals surface area contributed by atoms with Crippen molar-refractivity contribution in [2.75, 3.05) is 0 Å². The maximum atomic E-state index is 13.2. The van der Waals surface area contributed by atoms with E-state index >= 15 is 0 Å². The average molecular weight is 417 g/mol. The largest absolute Gasteiger partial charge is 0.286 e. The van der Waals surface area contributed by atoms with Gasteiger partial charge in [0.15, 0.2) is 0 Å². The molecule has 3 heteroatoms. The summed E-state index contributed by atoms with van der Waals surface area (Å²) in [5, 5.41) is 0. The van der Waals surface area contributed by atoms with Crippen LogP contribution >= 0.6 is 0 Å². The van der Waals surface area contributed by atoms with E-state index in [0.29, 0.717) is 29.2 Å². The average Bonchev–Trinajstić information content (AvgIpc) is 2.72. The van der Waals surface area contributed by atoms with Gasteiger partial charge in [-0.2, -0.15) is 0 Å². The van der Waals surface area contributed by atoms with Crippen LogP contribution in [-0.2, 0) is 4.79 Å². The fraction of sp³-hybridized carbons (Fsp3) is 0.393. The van der Waals surface area contributed by atoms with E-state index in [4.69, 9.17) is 9.98 Å². The first-order chi connectivity index (χ1) is 14.6. The molecule has 0 unspecified atom stereocenters. The molecule has 0 aliphatic rings. The van der Waals surface area contributed by atoms with Crippen molar-refractivity contribution >= 4 is 34.7 Å². The third-order valence-corrected chi connectivity index (χ3v) is 5.50. The van der Waals surface area contributed by atoms with Gasteiger partial charge in [0.1, 0.15) is 0 Å². The molecule has 0 heterocycles. The highest BCUT2D eigenvalue weighted by molar-refractivity contribution is 6.66. The lowest BCUT2D eigenvalue weighted by Gasteiger charge is -2.17. The Bertz CT molecular complexity index is 997. The number of para-hydroxylation sites is 2. The van der Waals surface area contributed by atoms with E-state index in [1.54, 1.807) is 19.9 Å². The fourth-order valence-corrected chi connectivity index (χ4v) is 3.68. The molecular weight excluding hydrogens is 380 g/mol. The summed E-state index contributed by atoms with van der Waals surface area (Å²) in [6.07, 6.45) is 1.79. The van der Waals surface area contributed by atoms with E-state index < -0.39 is 0 Å². The van der Waals surface area contributed by atoms with Gasteiger partial charge in [-0.1, -0.05) is 90.6 Å². The maximum Gasteiger partial charge on any atom is 0.220 e. The Labute approximate surface area is 188 Å². The van der Waals surface area contributed by atoms with Gasteiger partial charge in [-0.3, -0.25) is 4.79 Å². The molecule has 0 amide bonds. The Morgan fingerprint density at radius 1 is 0.742 bits per heavy atom. The van der Waals surface area contributed by atoms with Gasteiger partial charge >= 0.3 is 0 Å². The molecule has 3 nitrogen and oxygen atoms in total. The summed E-state index contributed by atoms with van der Waals surface area (Å²) < 4.78 is 0.